The maximum atomic E-state index is 5.63. The summed E-state index contributed by atoms with van der Waals surface area (Å²) in [6.07, 6.45) is 2.51. The van der Waals surface area contributed by atoms with Crippen molar-refractivity contribution in [1.29, 1.82) is 0 Å². The zero-order valence-corrected chi connectivity index (χ0v) is 9.79. The summed E-state index contributed by atoms with van der Waals surface area (Å²) < 4.78 is 0. The number of anilines is 1. The molecule has 0 amide bonds. The van der Waals surface area contributed by atoms with E-state index in [2.05, 4.69) is 31.3 Å². The fraction of sp³-hybridized carbons (Fsp3) is 0.538. The van der Waals surface area contributed by atoms with Gasteiger partial charge in [-0.1, -0.05) is 38.8 Å². The third kappa shape index (κ3) is 4.34. The van der Waals surface area contributed by atoms with Crippen LogP contribution in [-0.2, 0) is 6.54 Å². The molecule has 15 heavy (non-hydrogen) atoms. The zero-order chi connectivity index (χ0) is 11.1. The molecule has 2 heteroatoms. The lowest BCUT2D eigenvalue weighted by atomic mass is 10.0. The van der Waals surface area contributed by atoms with Crippen LogP contribution in [0.4, 0.5) is 5.69 Å². The van der Waals surface area contributed by atoms with Crippen LogP contribution >= 0.6 is 0 Å². The summed E-state index contributed by atoms with van der Waals surface area (Å²) in [5, 5.41) is 3.48. The third-order valence-corrected chi connectivity index (χ3v) is 2.90. The molecule has 0 spiro atoms. The number of hydrogen-bond acceptors (Lipinski definition) is 2. The van der Waals surface area contributed by atoms with Gasteiger partial charge in [-0.25, -0.2) is 0 Å². The Balaban J connectivity index is 2.28. The standard InChI is InChI=1S/C13H22N2/c1-3-11(4-2)9-15-10-12-5-7-13(14)8-6-12/h5-8,11,15H,3-4,9-10,14H2,1-2H3. The Hall–Kier alpha value is -1.02. The van der Waals surface area contributed by atoms with Gasteiger partial charge in [0.1, 0.15) is 0 Å². The molecule has 3 N–H and O–H groups in total. The summed E-state index contributed by atoms with van der Waals surface area (Å²) in [7, 11) is 0. The first-order chi connectivity index (χ1) is 7.26. The van der Waals surface area contributed by atoms with E-state index in [0.717, 1.165) is 24.7 Å². The first-order valence-electron chi connectivity index (χ1n) is 5.81. The van der Waals surface area contributed by atoms with Crippen molar-refractivity contribution in [1.82, 2.24) is 5.32 Å². The van der Waals surface area contributed by atoms with Gasteiger partial charge in [0.15, 0.2) is 0 Å². The molecule has 1 rings (SSSR count). The average Bonchev–Trinajstić information content (AvgIpc) is 2.27. The molecule has 0 aliphatic carbocycles. The Morgan fingerprint density at radius 1 is 1.13 bits per heavy atom. The highest BCUT2D eigenvalue weighted by Gasteiger charge is 2.01. The summed E-state index contributed by atoms with van der Waals surface area (Å²) in [5.74, 6) is 0.804. The largest absolute Gasteiger partial charge is 0.399 e. The highest BCUT2D eigenvalue weighted by Crippen LogP contribution is 2.07. The summed E-state index contributed by atoms with van der Waals surface area (Å²) >= 11 is 0. The predicted octanol–water partition coefficient (Wildman–Crippen LogP) is 2.79. The van der Waals surface area contributed by atoms with E-state index in [-0.39, 0.29) is 0 Å². The Morgan fingerprint density at radius 2 is 1.73 bits per heavy atom. The highest BCUT2D eigenvalue weighted by molar-refractivity contribution is 5.39. The SMILES string of the molecule is CCC(CC)CNCc1ccc(N)cc1. The van der Waals surface area contributed by atoms with Gasteiger partial charge in [0.2, 0.25) is 0 Å². The van der Waals surface area contributed by atoms with Crippen molar-refractivity contribution >= 4 is 5.69 Å². The Bertz CT molecular complexity index is 262. The van der Waals surface area contributed by atoms with Crippen LogP contribution in [0.15, 0.2) is 24.3 Å². The number of nitrogens with two attached hydrogens (primary N) is 1. The lowest BCUT2D eigenvalue weighted by Gasteiger charge is -2.13. The molecule has 0 aliphatic heterocycles. The second-order valence-corrected chi connectivity index (χ2v) is 4.06. The van der Waals surface area contributed by atoms with Crippen LogP contribution in [-0.4, -0.2) is 6.54 Å². The van der Waals surface area contributed by atoms with Crippen molar-refractivity contribution in [3.8, 4) is 0 Å². The van der Waals surface area contributed by atoms with E-state index in [1.807, 2.05) is 12.1 Å². The number of rotatable bonds is 6. The van der Waals surface area contributed by atoms with Crippen LogP contribution in [0.3, 0.4) is 0 Å². The normalized spacial score (nSPS) is 10.9. The summed E-state index contributed by atoms with van der Waals surface area (Å²) in [5.41, 5.74) is 7.76. The Morgan fingerprint density at radius 3 is 2.27 bits per heavy atom. The van der Waals surface area contributed by atoms with Crippen LogP contribution in [0.2, 0.25) is 0 Å². The molecule has 1 aromatic carbocycles. The van der Waals surface area contributed by atoms with Gasteiger partial charge in [-0.3, -0.25) is 0 Å². The van der Waals surface area contributed by atoms with Crippen LogP contribution in [0, 0.1) is 5.92 Å². The van der Waals surface area contributed by atoms with Crippen LogP contribution in [0.5, 0.6) is 0 Å². The van der Waals surface area contributed by atoms with Gasteiger partial charge in [-0.05, 0) is 30.2 Å². The molecule has 84 valence electrons. The fourth-order valence-electron chi connectivity index (χ4n) is 1.63. The van der Waals surface area contributed by atoms with E-state index in [1.54, 1.807) is 0 Å². The summed E-state index contributed by atoms with van der Waals surface area (Å²) in [6.45, 7) is 6.55. The third-order valence-electron chi connectivity index (χ3n) is 2.90. The van der Waals surface area contributed by atoms with E-state index in [9.17, 15) is 0 Å². The number of hydrogen-bond donors (Lipinski definition) is 2. The van der Waals surface area contributed by atoms with Gasteiger partial charge in [0.25, 0.3) is 0 Å². The molecular formula is C13H22N2. The minimum absolute atomic E-state index is 0.804. The van der Waals surface area contributed by atoms with E-state index in [4.69, 9.17) is 5.73 Å². The van der Waals surface area contributed by atoms with Gasteiger partial charge in [-0.15, -0.1) is 0 Å². The van der Waals surface area contributed by atoms with Crippen molar-refractivity contribution in [2.24, 2.45) is 5.92 Å². The molecule has 0 saturated carbocycles. The Labute approximate surface area is 92.9 Å². The second-order valence-electron chi connectivity index (χ2n) is 4.06. The van der Waals surface area contributed by atoms with E-state index in [0.29, 0.717) is 0 Å². The molecule has 0 aromatic heterocycles. The average molecular weight is 206 g/mol. The lowest BCUT2D eigenvalue weighted by Crippen LogP contribution is -2.21. The molecule has 0 aliphatic rings. The van der Waals surface area contributed by atoms with Gasteiger partial charge < -0.3 is 11.1 Å². The predicted molar refractivity (Wildman–Crippen MR) is 66.6 cm³/mol. The van der Waals surface area contributed by atoms with Gasteiger partial charge in [0, 0.05) is 12.2 Å². The highest BCUT2D eigenvalue weighted by atomic mass is 14.9. The topological polar surface area (TPSA) is 38.0 Å². The first-order valence-corrected chi connectivity index (χ1v) is 5.81. The van der Waals surface area contributed by atoms with E-state index in [1.165, 1.54) is 18.4 Å². The molecule has 0 atom stereocenters. The number of nitrogen functional groups attached to an aromatic ring is 1. The summed E-state index contributed by atoms with van der Waals surface area (Å²) in [6, 6.07) is 8.06. The smallest absolute Gasteiger partial charge is 0.0314 e. The minimum Gasteiger partial charge on any atom is -0.399 e. The van der Waals surface area contributed by atoms with Crippen LogP contribution < -0.4 is 11.1 Å². The van der Waals surface area contributed by atoms with Crippen molar-refractivity contribution < 1.29 is 0 Å². The molecule has 0 bridgehead atoms. The summed E-state index contributed by atoms with van der Waals surface area (Å²) in [4.78, 5) is 0. The van der Waals surface area contributed by atoms with Crippen molar-refractivity contribution in [2.45, 2.75) is 33.2 Å². The minimum atomic E-state index is 0.804. The Kier molecular flexibility index (Phi) is 5.19. The fourth-order valence-corrected chi connectivity index (χ4v) is 1.63. The maximum Gasteiger partial charge on any atom is 0.0314 e. The lowest BCUT2D eigenvalue weighted by molar-refractivity contribution is 0.449. The zero-order valence-electron chi connectivity index (χ0n) is 9.79. The van der Waals surface area contributed by atoms with E-state index >= 15 is 0 Å². The maximum absolute atomic E-state index is 5.63. The second kappa shape index (κ2) is 6.46. The number of nitrogens with one attached hydrogen (secondary N) is 1. The van der Waals surface area contributed by atoms with Crippen LogP contribution in [0.1, 0.15) is 32.3 Å². The molecule has 0 fully saturated rings. The van der Waals surface area contributed by atoms with Gasteiger partial charge in [0.05, 0.1) is 0 Å². The van der Waals surface area contributed by atoms with Crippen molar-refractivity contribution in [2.75, 3.05) is 12.3 Å². The molecule has 1 aromatic rings. The van der Waals surface area contributed by atoms with Crippen molar-refractivity contribution in [3.05, 3.63) is 29.8 Å². The molecule has 0 saturated heterocycles. The molecule has 2 nitrogen and oxygen atoms in total. The van der Waals surface area contributed by atoms with Gasteiger partial charge >= 0.3 is 0 Å². The molecule has 0 radical (unpaired) electrons. The molecule has 0 unspecified atom stereocenters. The molecular weight excluding hydrogens is 184 g/mol. The number of benzene rings is 1. The van der Waals surface area contributed by atoms with Crippen molar-refractivity contribution in [3.63, 3.8) is 0 Å². The van der Waals surface area contributed by atoms with E-state index < -0.39 is 0 Å². The monoisotopic (exact) mass is 206 g/mol. The van der Waals surface area contributed by atoms with Crippen LogP contribution in [0.25, 0.3) is 0 Å². The van der Waals surface area contributed by atoms with Gasteiger partial charge in [-0.2, -0.15) is 0 Å². The molecule has 0 heterocycles. The first kappa shape index (κ1) is 12.1. The quantitative estimate of drug-likeness (QED) is 0.702.